The van der Waals surface area contributed by atoms with Crippen LogP contribution in [0.4, 0.5) is 0 Å². The molecule has 2 unspecified atom stereocenters. The largest absolute Gasteiger partial charge is 0.497 e. The Morgan fingerprint density at radius 1 is 0.949 bits per heavy atom. The minimum absolute atomic E-state index is 0.0281. The molecule has 2 heterocycles. The number of aliphatic hydroxyl groups is 3. The third-order valence-corrected chi connectivity index (χ3v) is 6.08. The Kier molecular flexibility index (Phi) is 8.35. The molecule has 13 heteroatoms. The van der Waals surface area contributed by atoms with Crippen molar-refractivity contribution in [3.8, 4) is 28.4 Å². The number of methoxy groups -OCH3 is 2. The zero-order valence-electron chi connectivity index (χ0n) is 20.8. The lowest BCUT2D eigenvalue weighted by Crippen LogP contribution is -2.60. The van der Waals surface area contributed by atoms with Crippen LogP contribution in [0.15, 0.2) is 51.9 Å². The quantitative estimate of drug-likeness (QED) is 0.217. The number of carbonyl (C=O) groups excluding carboxylic acids is 1. The van der Waals surface area contributed by atoms with E-state index >= 15 is 0 Å². The van der Waals surface area contributed by atoms with Gasteiger partial charge in [0, 0.05) is 6.07 Å². The first-order valence-corrected chi connectivity index (χ1v) is 11.6. The number of fused-ring (bicyclic) bond motifs is 1. The van der Waals surface area contributed by atoms with E-state index in [1.54, 1.807) is 24.3 Å². The number of carboxylic acid groups (broad SMARTS) is 1. The van der Waals surface area contributed by atoms with E-state index in [9.17, 15) is 29.7 Å². The van der Waals surface area contributed by atoms with Crippen LogP contribution in [0.3, 0.4) is 0 Å². The van der Waals surface area contributed by atoms with Gasteiger partial charge in [-0.1, -0.05) is 12.1 Å². The minimum Gasteiger partial charge on any atom is -0.497 e. The summed E-state index contributed by atoms with van der Waals surface area (Å²) in [5, 5.41) is 39.8. The summed E-state index contributed by atoms with van der Waals surface area (Å²) in [6, 6.07) is 9.55. The Morgan fingerprint density at radius 2 is 1.67 bits per heavy atom. The molecule has 4 rings (SSSR count). The molecule has 13 nitrogen and oxygen atoms in total. The van der Waals surface area contributed by atoms with E-state index in [4.69, 9.17) is 33.2 Å². The van der Waals surface area contributed by atoms with Crippen LogP contribution in [0.1, 0.15) is 6.42 Å². The van der Waals surface area contributed by atoms with Crippen molar-refractivity contribution in [2.45, 2.75) is 37.1 Å². The summed E-state index contributed by atoms with van der Waals surface area (Å²) in [7, 11) is 2.85. The maximum Gasteiger partial charge on any atom is 0.317 e. The molecule has 0 radical (unpaired) electrons. The third kappa shape index (κ3) is 5.96. The molecule has 0 bridgehead atoms. The first kappa shape index (κ1) is 27.9. The molecule has 2 aromatic carbocycles. The first-order valence-electron chi connectivity index (χ1n) is 11.6. The van der Waals surface area contributed by atoms with Crippen molar-refractivity contribution in [2.75, 3.05) is 20.8 Å². The summed E-state index contributed by atoms with van der Waals surface area (Å²) in [5.74, 6) is -1.83. The third-order valence-electron chi connectivity index (χ3n) is 6.08. The predicted molar refractivity (Wildman–Crippen MR) is 132 cm³/mol. The van der Waals surface area contributed by atoms with E-state index < -0.39 is 55.7 Å². The number of carboxylic acids is 1. The molecule has 3 aromatic rings. The molecule has 39 heavy (non-hydrogen) atoms. The molecular formula is C26H26O13. The van der Waals surface area contributed by atoms with E-state index in [1.165, 1.54) is 32.6 Å². The van der Waals surface area contributed by atoms with Crippen LogP contribution in [0.5, 0.6) is 17.2 Å². The smallest absolute Gasteiger partial charge is 0.317 e. The molecule has 0 spiro atoms. The lowest BCUT2D eigenvalue weighted by atomic mass is 9.99. The first-order chi connectivity index (χ1) is 18.6. The molecule has 4 N–H and O–H groups in total. The number of aliphatic carboxylic acids is 1. The molecule has 1 aliphatic rings. The number of hydrogen-bond acceptors (Lipinski definition) is 12. The van der Waals surface area contributed by atoms with E-state index in [-0.39, 0.29) is 27.9 Å². The van der Waals surface area contributed by atoms with Gasteiger partial charge in [-0.3, -0.25) is 14.4 Å². The number of benzene rings is 2. The Hall–Kier alpha value is -4.17. The Labute approximate surface area is 220 Å². The number of esters is 1. The zero-order chi connectivity index (χ0) is 28.3. The molecule has 208 valence electrons. The van der Waals surface area contributed by atoms with Crippen LogP contribution >= 0.6 is 0 Å². The highest BCUT2D eigenvalue weighted by Gasteiger charge is 2.45. The predicted octanol–water partition coefficient (Wildman–Crippen LogP) is 0.681. The molecule has 1 fully saturated rings. The fourth-order valence-corrected chi connectivity index (χ4v) is 3.98. The van der Waals surface area contributed by atoms with Gasteiger partial charge in [0.05, 0.1) is 25.2 Å². The summed E-state index contributed by atoms with van der Waals surface area (Å²) >= 11 is 0. The van der Waals surface area contributed by atoms with Gasteiger partial charge < -0.3 is 48.5 Å². The van der Waals surface area contributed by atoms with Gasteiger partial charge in [0.1, 0.15) is 55.0 Å². The molecule has 1 aromatic heterocycles. The Bertz CT molecular complexity index is 1400. The van der Waals surface area contributed by atoms with Gasteiger partial charge in [0.15, 0.2) is 11.5 Å². The van der Waals surface area contributed by atoms with Crippen molar-refractivity contribution in [3.63, 3.8) is 0 Å². The van der Waals surface area contributed by atoms with E-state index in [1.807, 2.05) is 0 Å². The highest BCUT2D eigenvalue weighted by molar-refractivity contribution is 5.90. The second kappa shape index (κ2) is 11.7. The zero-order valence-corrected chi connectivity index (χ0v) is 20.8. The highest BCUT2D eigenvalue weighted by Crippen LogP contribution is 2.35. The van der Waals surface area contributed by atoms with E-state index in [2.05, 4.69) is 0 Å². The molecule has 0 amide bonds. The molecular weight excluding hydrogens is 520 g/mol. The summed E-state index contributed by atoms with van der Waals surface area (Å²) in [5.41, 5.74) is 0.677. The number of aliphatic hydroxyl groups excluding tert-OH is 3. The fraction of sp³-hybridized carbons (Fsp3) is 0.346. The summed E-state index contributed by atoms with van der Waals surface area (Å²) < 4.78 is 32.2. The lowest BCUT2D eigenvalue weighted by Gasteiger charge is -2.40. The maximum atomic E-state index is 13.2. The number of rotatable bonds is 9. The number of carbonyl (C=O) groups is 2. The van der Waals surface area contributed by atoms with Gasteiger partial charge in [0.25, 0.3) is 0 Å². The second-order valence-electron chi connectivity index (χ2n) is 8.59. The average molecular weight is 546 g/mol. The van der Waals surface area contributed by atoms with E-state index in [0.717, 1.165) is 0 Å². The van der Waals surface area contributed by atoms with Gasteiger partial charge >= 0.3 is 11.9 Å². The normalized spacial score (nSPS) is 22.7. The summed E-state index contributed by atoms with van der Waals surface area (Å²) in [6.45, 7) is -0.616. The SMILES string of the molecule is COc1ccc(-c2coc3cc(O[C@@H]4OC(COC(=O)CC(=O)O)[C@@H](O)[C@H](O)C4O)c(OC)cc3c2=O)cc1. The van der Waals surface area contributed by atoms with Crippen molar-refractivity contribution < 1.29 is 58.1 Å². The van der Waals surface area contributed by atoms with Crippen LogP contribution < -0.4 is 19.6 Å². The Balaban J connectivity index is 1.59. The topological polar surface area (TPSA) is 191 Å². The van der Waals surface area contributed by atoms with Crippen LogP contribution in [0, 0.1) is 0 Å². The van der Waals surface area contributed by atoms with Gasteiger partial charge in [-0.2, -0.15) is 0 Å². The van der Waals surface area contributed by atoms with Crippen LogP contribution in [0.2, 0.25) is 0 Å². The van der Waals surface area contributed by atoms with Crippen molar-refractivity contribution in [3.05, 3.63) is 52.9 Å². The van der Waals surface area contributed by atoms with Crippen LogP contribution in [0.25, 0.3) is 22.1 Å². The highest BCUT2D eigenvalue weighted by atomic mass is 16.7. The van der Waals surface area contributed by atoms with Gasteiger partial charge in [-0.05, 0) is 23.8 Å². The second-order valence-corrected chi connectivity index (χ2v) is 8.59. The minimum atomic E-state index is -1.76. The maximum absolute atomic E-state index is 13.2. The number of hydrogen-bond donors (Lipinski definition) is 4. The summed E-state index contributed by atoms with van der Waals surface area (Å²) in [4.78, 5) is 35.4. The summed E-state index contributed by atoms with van der Waals surface area (Å²) in [6.07, 6.45) is -7.74. The van der Waals surface area contributed by atoms with Crippen molar-refractivity contribution in [2.24, 2.45) is 0 Å². The van der Waals surface area contributed by atoms with Crippen molar-refractivity contribution in [1.82, 2.24) is 0 Å². The van der Waals surface area contributed by atoms with Crippen molar-refractivity contribution >= 4 is 22.9 Å². The lowest BCUT2D eigenvalue weighted by molar-refractivity contribution is -0.278. The molecule has 5 atom stereocenters. The Morgan fingerprint density at radius 3 is 2.31 bits per heavy atom. The molecule has 1 saturated heterocycles. The van der Waals surface area contributed by atoms with Crippen LogP contribution in [-0.2, 0) is 19.1 Å². The van der Waals surface area contributed by atoms with Gasteiger partial charge in [-0.25, -0.2) is 0 Å². The van der Waals surface area contributed by atoms with Gasteiger partial charge in [0.2, 0.25) is 11.7 Å². The van der Waals surface area contributed by atoms with Gasteiger partial charge in [-0.15, -0.1) is 0 Å². The van der Waals surface area contributed by atoms with Crippen molar-refractivity contribution in [1.29, 1.82) is 0 Å². The number of ether oxygens (including phenoxy) is 5. The average Bonchev–Trinajstić information content (AvgIpc) is 2.92. The van der Waals surface area contributed by atoms with E-state index in [0.29, 0.717) is 16.9 Å². The van der Waals surface area contributed by atoms with Crippen LogP contribution in [-0.4, -0.2) is 83.9 Å². The molecule has 1 aliphatic heterocycles. The molecule has 0 aliphatic carbocycles. The standard InChI is InChI=1S/C26H26O13/c1-34-13-5-3-12(4-6-13)15-10-36-16-8-18(17(35-2)7-14(16)22(15)30)38-26-25(33)24(32)23(31)19(39-26)11-37-21(29)9-20(27)28/h3-8,10,19,23-26,31-33H,9,11H2,1-2H3,(H,27,28)/t19?,23-,24+,25?,26-/m1/s1. The monoisotopic (exact) mass is 546 g/mol. The fourth-order valence-electron chi connectivity index (χ4n) is 3.98. The molecule has 0 saturated carbocycles.